The van der Waals surface area contributed by atoms with Gasteiger partial charge in [0, 0.05) is 6.54 Å². The summed E-state index contributed by atoms with van der Waals surface area (Å²) in [6.45, 7) is 3.10. The van der Waals surface area contributed by atoms with Crippen LogP contribution in [0.1, 0.15) is 11.1 Å². The number of rotatable bonds is 3. The van der Waals surface area contributed by atoms with Crippen LogP contribution in [0.4, 0.5) is 0 Å². The maximum absolute atomic E-state index is 12.2. The fourth-order valence-electron chi connectivity index (χ4n) is 2.16. The normalized spacial score (nSPS) is 19.2. The van der Waals surface area contributed by atoms with Gasteiger partial charge < -0.3 is 15.4 Å². The second-order valence-corrected chi connectivity index (χ2v) is 4.77. The fraction of sp³-hybridized carbons (Fsp3) is 0.429. The third-order valence-corrected chi connectivity index (χ3v) is 3.17. The van der Waals surface area contributed by atoms with E-state index in [4.69, 9.17) is 10.5 Å². The lowest BCUT2D eigenvalue weighted by molar-refractivity contribution is -0.145. The minimum Gasteiger partial charge on any atom is -0.367 e. The van der Waals surface area contributed by atoms with E-state index in [1.54, 1.807) is 4.90 Å². The molecule has 1 aromatic carbocycles. The van der Waals surface area contributed by atoms with Gasteiger partial charge >= 0.3 is 0 Å². The molecule has 0 radical (unpaired) electrons. The molecule has 0 saturated carbocycles. The molecule has 1 fully saturated rings. The maximum atomic E-state index is 12.2. The summed E-state index contributed by atoms with van der Waals surface area (Å²) in [5.74, 6) is -0.520. The summed E-state index contributed by atoms with van der Waals surface area (Å²) >= 11 is 0. The van der Waals surface area contributed by atoms with Crippen molar-refractivity contribution in [3.8, 4) is 0 Å². The van der Waals surface area contributed by atoms with Crippen molar-refractivity contribution in [3.63, 3.8) is 0 Å². The molecule has 0 bridgehead atoms. The number of morpholine rings is 1. The highest BCUT2D eigenvalue weighted by Crippen LogP contribution is 2.10. The molecule has 102 valence electrons. The molecule has 2 rings (SSSR count). The zero-order chi connectivity index (χ0) is 13.8. The average Bonchev–Trinajstić information content (AvgIpc) is 2.39. The van der Waals surface area contributed by atoms with Crippen LogP contribution in [-0.2, 0) is 20.7 Å². The van der Waals surface area contributed by atoms with E-state index >= 15 is 0 Å². The Morgan fingerprint density at radius 3 is 2.95 bits per heavy atom. The van der Waals surface area contributed by atoms with Crippen LogP contribution in [0, 0.1) is 6.92 Å². The highest BCUT2D eigenvalue weighted by atomic mass is 16.5. The minimum absolute atomic E-state index is 0.000139. The molecule has 0 spiro atoms. The Bertz CT molecular complexity index is 487. The number of aryl methyl sites for hydroxylation is 1. The van der Waals surface area contributed by atoms with Gasteiger partial charge in [-0.1, -0.05) is 29.8 Å². The number of nitrogens with zero attached hydrogens (tertiary/aromatic N) is 1. The van der Waals surface area contributed by atoms with E-state index in [1.165, 1.54) is 0 Å². The number of nitrogens with two attached hydrogens (primary N) is 1. The number of carbonyl (C=O) groups excluding carboxylic acids is 2. The summed E-state index contributed by atoms with van der Waals surface area (Å²) < 4.78 is 5.22. The first-order valence-corrected chi connectivity index (χ1v) is 6.30. The average molecular weight is 262 g/mol. The Hall–Kier alpha value is -1.88. The van der Waals surface area contributed by atoms with Crippen molar-refractivity contribution in [2.45, 2.75) is 19.4 Å². The summed E-state index contributed by atoms with van der Waals surface area (Å²) in [4.78, 5) is 24.9. The number of benzene rings is 1. The Morgan fingerprint density at radius 1 is 1.47 bits per heavy atom. The Kier molecular flexibility index (Phi) is 4.16. The highest BCUT2D eigenvalue weighted by molar-refractivity contribution is 5.82. The van der Waals surface area contributed by atoms with Crippen LogP contribution in [0.3, 0.4) is 0 Å². The molecule has 0 aliphatic carbocycles. The zero-order valence-electron chi connectivity index (χ0n) is 11.0. The molecule has 1 unspecified atom stereocenters. The molecule has 19 heavy (non-hydrogen) atoms. The molecule has 1 aromatic rings. The van der Waals surface area contributed by atoms with E-state index in [2.05, 4.69) is 0 Å². The van der Waals surface area contributed by atoms with E-state index < -0.39 is 12.0 Å². The molecule has 0 aromatic heterocycles. The number of hydrogen-bond donors (Lipinski definition) is 1. The van der Waals surface area contributed by atoms with E-state index in [-0.39, 0.29) is 12.5 Å². The van der Waals surface area contributed by atoms with Crippen LogP contribution >= 0.6 is 0 Å². The molecule has 5 nitrogen and oxygen atoms in total. The fourth-order valence-corrected chi connectivity index (χ4v) is 2.16. The topological polar surface area (TPSA) is 72.6 Å². The highest BCUT2D eigenvalue weighted by Gasteiger charge is 2.27. The first-order chi connectivity index (χ1) is 9.06. The lowest BCUT2D eigenvalue weighted by Crippen LogP contribution is -2.50. The number of amides is 2. The van der Waals surface area contributed by atoms with Crippen LogP contribution in [-0.4, -0.2) is 42.5 Å². The Labute approximate surface area is 112 Å². The predicted molar refractivity (Wildman–Crippen MR) is 70.4 cm³/mol. The number of hydrogen-bond acceptors (Lipinski definition) is 3. The van der Waals surface area contributed by atoms with E-state index in [0.717, 1.165) is 11.1 Å². The quantitative estimate of drug-likeness (QED) is 0.848. The lowest BCUT2D eigenvalue weighted by atomic mass is 10.1. The van der Waals surface area contributed by atoms with Gasteiger partial charge in [0.25, 0.3) is 0 Å². The molecule has 1 aliphatic heterocycles. The molecular formula is C14H18N2O3. The summed E-state index contributed by atoms with van der Waals surface area (Å²) in [5.41, 5.74) is 7.31. The monoisotopic (exact) mass is 262 g/mol. The lowest BCUT2D eigenvalue weighted by Gasteiger charge is -2.31. The maximum Gasteiger partial charge on any atom is 0.248 e. The van der Waals surface area contributed by atoms with Gasteiger partial charge in [-0.15, -0.1) is 0 Å². The van der Waals surface area contributed by atoms with E-state index in [0.29, 0.717) is 19.6 Å². The molecule has 2 N–H and O–H groups in total. The SMILES string of the molecule is Cc1cccc(CC(=O)N2CCOC(C(N)=O)C2)c1. The first-order valence-electron chi connectivity index (χ1n) is 6.30. The summed E-state index contributed by atoms with van der Waals surface area (Å²) in [5, 5.41) is 0. The van der Waals surface area contributed by atoms with Crippen molar-refractivity contribution in [1.29, 1.82) is 0 Å². The number of carbonyl (C=O) groups is 2. The Morgan fingerprint density at radius 2 is 2.26 bits per heavy atom. The van der Waals surface area contributed by atoms with Gasteiger partial charge in [0.1, 0.15) is 0 Å². The van der Waals surface area contributed by atoms with E-state index in [9.17, 15) is 9.59 Å². The summed E-state index contributed by atoms with van der Waals surface area (Å²) in [6, 6.07) is 7.84. The number of ether oxygens (including phenoxy) is 1. The van der Waals surface area contributed by atoms with Crippen molar-refractivity contribution < 1.29 is 14.3 Å². The van der Waals surface area contributed by atoms with Crippen molar-refractivity contribution in [2.75, 3.05) is 19.7 Å². The van der Waals surface area contributed by atoms with E-state index in [1.807, 2.05) is 31.2 Å². The van der Waals surface area contributed by atoms with Crippen LogP contribution in [0.2, 0.25) is 0 Å². The van der Waals surface area contributed by atoms with Crippen molar-refractivity contribution in [1.82, 2.24) is 4.90 Å². The number of primary amides is 1. The van der Waals surface area contributed by atoms with Gasteiger partial charge in [-0.2, -0.15) is 0 Å². The van der Waals surface area contributed by atoms with Crippen LogP contribution in [0.25, 0.3) is 0 Å². The molecule has 1 heterocycles. The second-order valence-electron chi connectivity index (χ2n) is 4.77. The third kappa shape index (κ3) is 3.54. The smallest absolute Gasteiger partial charge is 0.248 e. The van der Waals surface area contributed by atoms with Crippen LogP contribution < -0.4 is 5.73 Å². The minimum atomic E-state index is -0.685. The van der Waals surface area contributed by atoms with Gasteiger partial charge in [-0.25, -0.2) is 0 Å². The summed E-state index contributed by atoms with van der Waals surface area (Å²) in [7, 11) is 0. The predicted octanol–water partition coefficient (Wildman–Crippen LogP) is 0.250. The summed E-state index contributed by atoms with van der Waals surface area (Å²) in [6.07, 6.45) is -0.345. The molecular weight excluding hydrogens is 244 g/mol. The van der Waals surface area contributed by atoms with Gasteiger partial charge in [0.2, 0.25) is 11.8 Å². The van der Waals surface area contributed by atoms with Gasteiger partial charge in [-0.3, -0.25) is 9.59 Å². The largest absolute Gasteiger partial charge is 0.367 e. The van der Waals surface area contributed by atoms with Crippen LogP contribution in [0.5, 0.6) is 0 Å². The van der Waals surface area contributed by atoms with Gasteiger partial charge in [-0.05, 0) is 12.5 Å². The van der Waals surface area contributed by atoms with Gasteiger partial charge in [0.15, 0.2) is 6.10 Å². The van der Waals surface area contributed by atoms with Crippen molar-refractivity contribution in [2.24, 2.45) is 5.73 Å². The van der Waals surface area contributed by atoms with Gasteiger partial charge in [0.05, 0.1) is 19.6 Å². The molecule has 1 saturated heterocycles. The molecule has 2 amide bonds. The molecule has 1 aliphatic rings. The first kappa shape index (κ1) is 13.5. The molecule has 5 heteroatoms. The second kappa shape index (κ2) is 5.84. The van der Waals surface area contributed by atoms with Crippen LogP contribution in [0.15, 0.2) is 24.3 Å². The standard InChI is InChI=1S/C14H18N2O3/c1-10-3-2-4-11(7-10)8-13(17)16-5-6-19-12(9-16)14(15)18/h2-4,7,12H,5-6,8-9H2,1H3,(H2,15,18). The third-order valence-electron chi connectivity index (χ3n) is 3.17. The Balaban J connectivity index is 1.98. The van der Waals surface area contributed by atoms with Crippen molar-refractivity contribution >= 4 is 11.8 Å². The molecule has 1 atom stereocenters. The zero-order valence-corrected chi connectivity index (χ0v) is 11.0. The van der Waals surface area contributed by atoms with Crippen molar-refractivity contribution in [3.05, 3.63) is 35.4 Å².